The summed E-state index contributed by atoms with van der Waals surface area (Å²) < 4.78 is 5.27. The third kappa shape index (κ3) is 2.02. The maximum atomic E-state index is 9.03. The zero-order chi connectivity index (χ0) is 12.4. The first-order valence-corrected chi connectivity index (χ1v) is 6.04. The molecule has 0 atom stereocenters. The van der Waals surface area contributed by atoms with E-state index in [-0.39, 0.29) is 0 Å². The van der Waals surface area contributed by atoms with Crippen molar-refractivity contribution in [2.45, 2.75) is 13.8 Å². The molecule has 0 bridgehead atoms. The summed E-state index contributed by atoms with van der Waals surface area (Å²) in [4.78, 5) is 4.92. The van der Waals surface area contributed by atoms with Crippen LogP contribution in [-0.2, 0) is 0 Å². The molecule has 17 heavy (non-hydrogen) atoms. The Morgan fingerprint density at radius 3 is 2.71 bits per heavy atom. The van der Waals surface area contributed by atoms with Gasteiger partial charge in [-0.05, 0) is 37.1 Å². The number of nitrogens with zero attached hydrogens (tertiary/aromatic N) is 2. The number of rotatable bonds is 2. The predicted octanol–water partition coefficient (Wildman–Crippen LogP) is 3.31. The zero-order valence-electron chi connectivity index (χ0n) is 9.94. The molecule has 0 spiro atoms. The molecular formula is C13H12N2OS. The van der Waals surface area contributed by atoms with Gasteiger partial charge in [-0.25, -0.2) is 4.98 Å². The average molecular weight is 244 g/mol. The lowest BCUT2D eigenvalue weighted by molar-refractivity contribution is 0.411. The fourth-order valence-electron chi connectivity index (χ4n) is 1.78. The number of ether oxygens (including phenoxy) is 1. The van der Waals surface area contributed by atoms with Crippen molar-refractivity contribution in [2.75, 3.05) is 7.11 Å². The van der Waals surface area contributed by atoms with Crippen molar-refractivity contribution in [1.29, 1.82) is 5.26 Å². The molecule has 0 radical (unpaired) electrons. The number of thiazole rings is 1. The molecule has 3 nitrogen and oxygen atoms in total. The summed E-state index contributed by atoms with van der Waals surface area (Å²) in [6.45, 7) is 3.98. The van der Waals surface area contributed by atoms with Crippen LogP contribution in [0.5, 0.6) is 5.75 Å². The molecule has 2 rings (SSSR count). The maximum Gasteiger partial charge on any atom is 0.132 e. The Bertz CT molecular complexity index is 596. The Hall–Kier alpha value is -1.86. The Kier molecular flexibility index (Phi) is 3.12. The van der Waals surface area contributed by atoms with Gasteiger partial charge in [0, 0.05) is 5.56 Å². The van der Waals surface area contributed by atoms with Gasteiger partial charge in [0.25, 0.3) is 0 Å². The quantitative estimate of drug-likeness (QED) is 0.814. The molecule has 1 heterocycles. The molecule has 0 aliphatic rings. The van der Waals surface area contributed by atoms with Gasteiger partial charge in [0.2, 0.25) is 0 Å². The minimum absolute atomic E-state index is 0.651. The van der Waals surface area contributed by atoms with E-state index >= 15 is 0 Å². The second-order valence-corrected chi connectivity index (χ2v) is 4.63. The van der Waals surface area contributed by atoms with E-state index < -0.39 is 0 Å². The van der Waals surface area contributed by atoms with Crippen LogP contribution < -0.4 is 4.74 Å². The summed E-state index contributed by atoms with van der Waals surface area (Å²) in [5.41, 5.74) is 5.58. The van der Waals surface area contributed by atoms with Gasteiger partial charge in [-0.1, -0.05) is 0 Å². The SMILES string of the molecule is COc1cc(C)c(-c2ncsc2C#N)cc1C. The number of aryl methyl sites for hydroxylation is 2. The summed E-state index contributed by atoms with van der Waals surface area (Å²) in [6, 6.07) is 6.17. The van der Waals surface area contributed by atoms with Crippen LogP contribution >= 0.6 is 11.3 Å². The number of hydrogen-bond donors (Lipinski definition) is 0. The van der Waals surface area contributed by atoms with Crippen LogP contribution in [-0.4, -0.2) is 12.1 Å². The van der Waals surface area contributed by atoms with Crippen LogP contribution in [0, 0.1) is 25.2 Å². The molecule has 0 fully saturated rings. The molecule has 1 aromatic heterocycles. The number of nitriles is 1. The molecule has 0 unspecified atom stereocenters. The van der Waals surface area contributed by atoms with E-state index in [2.05, 4.69) is 11.1 Å². The molecule has 0 N–H and O–H groups in total. The largest absolute Gasteiger partial charge is 0.496 e. The van der Waals surface area contributed by atoms with E-state index in [0.29, 0.717) is 4.88 Å². The second kappa shape index (κ2) is 4.56. The first kappa shape index (κ1) is 11.6. The van der Waals surface area contributed by atoms with Crippen LogP contribution in [0.15, 0.2) is 17.6 Å². The molecule has 0 aliphatic carbocycles. The highest BCUT2D eigenvalue weighted by molar-refractivity contribution is 7.10. The van der Waals surface area contributed by atoms with Gasteiger partial charge in [0.05, 0.1) is 18.3 Å². The Morgan fingerprint density at radius 2 is 2.06 bits per heavy atom. The average Bonchev–Trinajstić information content (AvgIpc) is 2.79. The van der Waals surface area contributed by atoms with Gasteiger partial charge >= 0.3 is 0 Å². The van der Waals surface area contributed by atoms with Gasteiger partial charge in [-0.2, -0.15) is 5.26 Å². The van der Waals surface area contributed by atoms with Crippen LogP contribution in [0.4, 0.5) is 0 Å². The van der Waals surface area contributed by atoms with Crippen molar-refractivity contribution >= 4 is 11.3 Å². The van der Waals surface area contributed by atoms with Crippen molar-refractivity contribution in [3.63, 3.8) is 0 Å². The molecule has 0 saturated carbocycles. The molecular weight excluding hydrogens is 232 g/mol. The van der Waals surface area contributed by atoms with Crippen LogP contribution in [0.2, 0.25) is 0 Å². The number of hydrogen-bond acceptors (Lipinski definition) is 4. The maximum absolute atomic E-state index is 9.03. The molecule has 86 valence electrons. The van der Waals surface area contributed by atoms with Crippen LogP contribution in [0.1, 0.15) is 16.0 Å². The highest BCUT2D eigenvalue weighted by Crippen LogP contribution is 2.32. The van der Waals surface area contributed by atoms with Crippen molar-refractivity contribution in [2.24, 2.45) is 0 Å². The third-order valence-corrected chi connectivity index (χ3v) is 3.40. The van der Waals surface area contributed by atoms with Gasteiger partial charge in [0.1, 0.15) is 16.7 Å². The van der Waals surface area contributed by atoms with Gasteiger partial charge in [0.15, 0.2) is 0 Å². The lowest BCUT2D eigenvalue weighted by Crippen LogP contribution is -1.92. The first-order valence-electron chi connectivity index (χ1n) is 5.16. The molecule has 0 saturated heterocycles. The van der Waals surface area contributed by atoms with Crippen molar-refractivity contribution in [1.82, 2.24) is 4.98 Å². The Balaban J connectivity index is 2.62. The van der Waals surface area contributed by atoms with Gasteiger partial charge in [-0.15, -0.1) is 11.3 Å². The lowest BCUT2D eigenvalue weighted by Gasteiger charge is -2.10. The molecule has 2 aromatic rings. The third-order valence-electron chi connectivity index (χ3n) is 2.67. The van der Waals surface area contributed by atoms with E-state index in [0.717, 1.165) is 28.1 Å². The van der Waals surface area contributed by atoms with E-state index in [9.17, 15) is 0 Å². The van der Waals surface area contributed by atoms with Crippen molar-refractivity contribution < 1.29 is 4.74 Å². The topological polar surface area (TPSA) is 45.9 Å². The molecule has 0 amide bonds. The molecule has 4 heteroatoms. The number of benzene rings is 1. The van der Waals surface area contributed by atoms with Gasteiger partial charge in [-0.3, -0.25) is 0 Å². The van der Waals surface area contributed by atoms with E-state index in [1.54, 1.807) is 12.6 Å². The number of methoxy groups -OCH3 is 1. The normalized spacial score (nSPS) is 10.0. The zero-order valence-corrected chi connectivity index (χ0v) is 10.8. The van der Waals surface area contributed by atoms with Crippen LogP contribution in [0.25, 0.3) is 11.3 Å². The summed E-state index contributed by atoms with van der Waals surface area (Å²) in [7, 11) is 1.66. The first-order chi connectivity index (χ1) is 8.17. The van der Waals surface area contributed by atoms with Crippen molar-refractivity contribution in [3.8, 4) is 23.1 Å². The minimum atomic E-state index is 0.651. The highest BCUT2D eigenvalue weighted by atomic mass is 32.1. The molecule has 1 aromatic carbocycles. The fraction of sp³-hybridized carbons (Fsp3) is 0.231. The standard InChI is InChI=1S/C13H12N2OS/c1-8-5-11(16-3)9(2)4-10(8)13-12(6-14)17-7-15-13/h4-5,7H,1-3H3. The Morgan fingerprint density at radius 1 is 1.29 bits per heavy atom. The highest BCUT2D eigenvalue weighted by Gasteiger charge is 2.12. The minimum Gasteiger partial charge on any atom is -0.496 e. The summed E-state index contributed by atoms with van der Waals surface area (Å²) >= 11 is 1.37. The van der Waals surface area contributed by atoms with Gasteiger partial charge < -0.3 is 4.74 Å². The number of aromatic nitrogens is 1. The Labute approximate surface area is 104 Å². The molecule has 0 aliphatic heterocycles. The van der Waals surface area contributed by atoms with Crippen LogP contribution in [0.3, 0.4) is 0 Å². The summed E-state index contributed by atoms with van der Waals surface area (Å²) in [5.74, 6) is 0.861. The van der Waals surface area contributed by atoms with Crippen molar-refractivity contribution in [3.05, 3.63) is 33.6 Å². The van der Waals surface area contributed by atoms with E-state index in [1.807, 2.05) is 26.0 Å². The monoisotopic (exact) mass is 244 g/mol. The van der Waals surface area contributed by atoms with E-state index in [4.69, 9.17) is 10.00 Å². The second-order valence-electron chi connectivity index (χ2n) is 3.78. The smallest absolute Gasteiger partial charge is 0.132 e. The lowest BCUT2D eigenvalue weighted by atomic mass is 10.0. The summed E-state index contributed by atoms with van der Waals surface area (Å²) in [6.07, 6.45) is 0. The predicted molar refractivity (Wildman–Crippen MR) is 68.3 cm³/mol. The fourth-order valence-corrected chi connectivity index (χ4v) is 2.37. The van der Waals surface area contributed by atoms with E-state index in [1.165, 1.54) is 11.3 Å². The summed E-state index contributed by atoms with van der Waals surface area (Å²) in [5, 5.41) is 9.03.